The summed E-state index contributed by atoms with van der Waals surface area (Å²) in [5.74, 6) is 0.105. The molecule has 0 amide bonds. The maximum absolute atomic E-state index is 9.81. The number of aromatic hydroxyl groups is 1. The highest BCUT2D eigenvalue weighted by Crippen LogP contribution is 2.31. The minimum Gasteiger partial charge on any atom is -0.506 e. The van der Waals surface area contributed by atoms with Gasteiger partial charge in [0.2, 0.25) is 0 Å². The van der Waals surface area contributed by atoms with Gasteiger partial charge in [-0.25, -0.2) is 0 Å². The molecule has 2 N–H and O–H groups in total. The summed E-state index contributed by atoms with van der Waals surface area (Å²) in [7, 11) is 4.10. The summed E-state index contributed by atoms with van der Waals surface area (Å²) in [6, 6.07) is 3.64. The molecule has 18 heavy (non-hydrogen) atoms. The molecule has 1 aromatic carbocycles. The first-order valence-electron chi connectivity index (χ1n) is 5.95. The molecule has 3 nitrogen and oxygen atoms in total. The Bertz CT molecular complexity index is 397. The fraction of sp³-hybridized carbons (Fsp3) is 0.538. The molecule has 0 fully saturated rings. The predicted octanol–water partition coefficient (Wildman–Crippen LogP) is 3.13. The number of nitrogens with zero attached hydrogens (tertiary/aromatic N) is 1. The molecule has 0 aromatic heterocycles. The average molecular weight is 291 g/mol. The van der Waals surface area contributed by atoms with Crippen LogP contribution in [0.5, 0.6) is 5.75 Å². The normalized spacial score (nSPS) is 13.0. The van der Waals surface area contributed by atoms with Crippen LogP contribution in [0.3, 0.4) is 0 Å². The standard InChI is InChI=1S/C13H20Cl2N2O/c1-9(4-5-17(2)3)16-8-10-6-11(14)7-12(15)13(10)18/h6-7,9,16,18H,4-5,8H2,1-3H3. The monoisotopic (exact) mass is 290 g/mol. The molecular formula is C13H20Cl2N2O. The number of hydrogen-bond acceptors (Lipinski definition) is 3. The van der Waals surface area contributed by atoms with Crippen molar-refractivity contribution in [1.29, 1.82) is 0 Å². The Morgan fingerprint density at radius 2 is 2.00 bits per heavy atom. The zero-order valence-corrected chi connectivity index (χ0v) is 12.5. The van der Waals surface area contributed by atoms with Crippen LogP contribution in [0.1, 0.15) is 18.9 Å². The van der Waals surface area contributed by atoms with E-state index in [1.165, 1.54) is 6.07 Å². The zero-order chi connectivity index (χ0) is 13.7. The molecule has 0 aliphatic carbocycles. The third kappa shape index (κ3) is 5.02. The topological polar surface area (TPSA) is 35.5 Å². The van der Waals surface area contributed by atoms with Gasteiger partial charge >= 0.3 is 0 Å². The van der Waals surface area contributed by atoms with Gasteiger partial charge in [0.25, 0.3) is 0 Å². The van der Waals surface area contributed by atoms with Crippen LogP contribution in [0, 0.1) is 0 Å². The van der Waals surface area contributed by atoms with E-state index < -0.39 is 0 Å². The van der Waals surface area contributed by atoms with Gasteiger partial charge in [-0.05, 0) is 46.1 Å². The first-order valence-corrected chi connectivity index (χ1v) is 6.70. The summed E-state index contributed by atoms with van der Waals surface area (Å²) in [5.41, 5.74) is 0.726. The van der Waals surface area contributed by atoms with Crippen molar-refractivity contribution in [3.05, 3.63) is 27.7 Å². The summed E-state index contributed by atoms with van der Waals surface area (Å²) in [4.78, 5) is 2.14. The van der Waals surface area contributed by atoms with Crippen LogP contribution in [0.4, 0.5) is 0 Å². The second-order valence-electron chi connectivity index (χ2n) is 4.77. The number of benzene rings is 1. The third-order valence-electron chi connectivity index (χ3n) is 2.76. The molecule has 0 saturated carbocycles. The Morgan fingerprint density at radius 3 is 2.61 bits per heavy atom. The lowest BCUT2D eigenvalue weighted by Crippen LogP contribution is -2.29. The third-order valence-corrected chi connectivity index (χ3v) is 3.26. The van der Waals surface area contributed by atoms with Gasteiger partial charge in [-0.3, -0.25) is 0 Å². The van der Waals surface area contributed by atoms with Gasteiger partial charge in [-0.2, -0.15) is 0 Å². The lowest BCUT2D eigenvalue weighted by atomic mass is 10.1. The van der Waals surface area contributed by atoms with Gasteiger partial charge in [0.05, 0.1) is 5.02 Å². The fourth-order valence-corrected chi connectivity index (χ4v) is 2.13. The van der Waals surface area contributed by atoms with Gasteiger partial charge in [0.1, 0.15) is 5.75 Å². The second kappa shape index (κ2) is 7.19. The Labute approximate surface area is 119 Å². The Balaban J connectivity index is 2.53. The average Bonchev–Trinajstić information content (AvgIpc) is 2.29. The van der Waals surface area contributed by atoms with Crippen LogP contribution >= 0.6 is 23.2 Å². The van der Waals surface area contributed by atoms with E-state index in [2.05, 4.69) is 31.2 Å². The van der Waals surface area contributed by atoms with Gasteiger partial charge in [-0.15, -0.1) is 0 Å². The van der Waals surface area contributed by atoms with Gasteiger partial charge in [0.15, 0.2) is 0 Å². The van der Waals surface area contributed by atoms with Gasteiger partial charge in [-0.1, -0.05) is 23.2 Å². The number of phenols is 1. The molecule has 0 radical (unpaired) electrons. The smallest absolute Gasteiger partial charge is 0.138 e. The van der Waals surface area contributed by atoms with E-state index in [4.69, 9.17) is 23.2 Å². The van der Waals surface area contributed by atoms with Crippen molar-refractivity contribution in [2.24, 2.45) is 0 Å². The summed E-state index contributed by atoms with van der Waals surface area (Å²) in [6.07, 6.45) is 1.04. The molecule has 5 heteroatoms. The quantitative estimate of drug-likeness (QED) is 0.845. The zero-order valence-electron chi connectivity index (χ0n) is 11.0. The summed E-state index contributed by atoms with van der Waals surface area (Å²) in [5, 5.41) is 14.0. The van der Waals surface area contributed by atoms with E-state index in [0.29, 0.717) is 22.6 Å². The van der Waals surface area contributed by atoms with E-state index in [1.807, 2.05) is 0 Å². The number of rotatable bonds is 6. The van der Waals surface area contributed by atoms with Crippen molar-refractivity contribution in [3.63, 3.8) is 0 Å². The largest absolute Gasteiger partial charge is 0.506 e. The Morgan fingerprint density at radius 1 is 1.33 bits per heavy atom. The van der Waals surface area contributed by atoms with Crippen molar-refractivity contribution in [2.75, 3.05) is 20.6 Å². The van der Waals surface area contributed by atoms with Crippen LogP contribution in [-0.2, 0) is 6.54 Å². The van der Waals surface area contributed by atoms with Crippen molar-refractivity contribution >= 4 is 23.2 Å². The molecule has 0 aliphatic rings. The van der Waals surface area contributed by atoms with E-state index in [9.17, 15) is 5.11 Å². The number of hydrogen-bond donors (Lipinski definition) is 2. The molecule has 1 unspecified atom stereocenters. The van der Waals surface area contributed by atoms with Gasteiger partial charge < -0.3 is 15.3 Å². The molecular weight excluding hydrogens is 271 g/mol. The molecule has 0 saturated heterocycles. The second-order valence-corrected chi connectivity index (χ2v) is 5.61. The molecule has 1 atom stereocenters. The van der Waals surface area contributed by atoms with Crippen LogP contribution in [0.15, 0.2) is 12.1 Å². The molecule has 0 bridgehead atoms. The van der Waals surface area contributed by atoms with Crippen molar-refractivity contribution in [3.8, 4) is 5.75 Å². The molecule has 1 aromatic rings. The van der Waals surface area contributed by atoms with E-state index in [1.54, 1.807) is 6.07 Å². The summed E-state index contributed by atoms with van der Waals surface area (Å²) in [6.45, 7) is 3.70. The highest BCUT2D eigenvalue weighted by Gasteiger charge is 2.09. The van der Waals surface area contributed by atoms with E-state index in [-0.39, 0.29) is 5.75 Å². The van der Waals surface area contributed by atoms with Crippen molar-refractivity contribution in [2.45, 2.75) is 25.9 Å². The van der Waals surface area contributed by atoms with E-state index in [0.717, 1.165) is 18.5 Å². The molecule has 1 rings (SSSR count). The van der Waals surface area contributed by atoms with Crippen LogP contribution in [0.2, 0.25) is 10.0 Å². The molecule has 102 valence electrons. The first-order chi connectivity index (χ1) is 8.40. The lowest BCUT2D eigenvalue weighted by molar-refractivity contribution is 0.364. The highest BCUT2D eigenvalue weighted by atomic mass is 35.5. The molecule has 0 heterocycles. The highest BCUT2D eigenvalue weighted by molar-refractivity contribution is 6.35. The molecule has 0 aliphatic heterocycles. The first kappa shape index (κ1) is 15.6. The van der Waals surface area contributed by atoms with Gasteiger partial charge in [0, 0.05) is 23.2 Å². The van der Waals surface area contributed by atoms with Crippen LogP contribution < -0.4 is 5.32 Å². The SMILES string of the molecule is CC(CCN(C)C)NCc1cc(Cl)cc(Cl)c1O. The fourth-order valence-electron chi connectivity index (χ4n) is 1.59. The number of halogens is 2. The summed E-state index contributed by atoms with van der Waals surface area (Å²) < 4.78 is 0. The number of nitrogens with one attached hydrogen (secondary N) is 1. The maximum atomic E-state index is 9.81. The van der Waals surface area contributed by atoms with E-state index >= 15 is 0 Å². The predicted molar refractivity (Wildman–Crippen MR) is 77.6 cm³/mol. The minimum atomic E-state index is 0.105. The van der Waals surface area contributed by atoms with Crippen molar-refractivity contribution in [1.82, 2.24) is 10.2 Å². The molecule has 0 spiro atoms. The minimum absolute atomic E-state index is 0.105. The number of phenolic OH excluding ortho intramolecular Hbond substituents is 1. The van der Waals surface area contributed by atoms with Crippen LogP contribution in [-0.4, -0.2) is 36.7 Å². The Hall–Kier alpha value is -0.480. The lowest BCUT2D eigenvalue weighted by Gasteiger charge is -2.17. The maximum Gasteiger partial charge on any atom is 0.138 e. The van der Waals surface area contributed by atoms with Crippen molar-refractivity contribution < 1.29 is 5.11 Å². The Kier molecular flexibility index (Phi) is 6.22. The van der Waals surface area contributed by atoms with Crippen LogP contribution in [0.25, 0.3) is 0 Å². The summed E-state index contributed by atoms with van der Waals surface area (Å²) >= 11 is 11.8.